The number of hydrogen-bond acceptors (Lipinski definition) is 3. The summed E-state index contributed by atoms with van der Waals surface area (Å²) in [5.74, 6) is 0.361. The van der Waals surface area contributed by atoms with Gasteiger partial charge in [0.15, 0.2) is 0 Å². The van der Waals surface area contributed by atoms with Crippen molar-refractivity contribution >= 4 is 28.8 Å². The molecule has 2 aromatic rings. The molecule has 0 aliphatic carbocycles. The Hall–Kier alpha value is -1.39. The number of carbonyl (C=O) groups excluding carboxylic acids is 1. The van der Waals surface area contributed by atoms with E-state index in [0.29, 0.717) is 11.4 Å². The van der Waals surface area contributed by atoms with Crippen molar-refractivity contribution in [3.05, 3.63) is 40.9 Å². The first kappa shape index (κ1) is 15.0. The number of hydrogen-bond donors (Lipinski definition) is 1. The van der Waals surface area contributed by atoms with Crippen molar-refractivity contribution < 1.29 is 4.79 Å². The summed E-state index contributed by atoms with van der Waals surface area (Å²) < 4.78 is 0. The second-order valence-electron chi connectivity index (χ2n) is 4.64. The summed E-state index contributed by atoms with van der Waals surface area (Å²) in [6.45, 7) is 4.04. The molecule has 0 saturated heterocycles. The Morgan fingerprint density at radius 1 is 1.50 bits per heavy atom. The van der Waals surface area contributed by atoms with Crippen LogP contribution in [0.3, 0.4) is 0 Å². The van der Waals surface area contributed by atoms with E-state index >= 15 is 0 Å². The molecular weight excluding hydrogens is 292 g/mol. The van der Waals surface area contributed by atoms with Gasteiger partial charge in [-0.2, -0.15) is 0 Å². The van der Waals surface area contributed by atoms with Gasteiger partial charge in [0.2, 0.25) is 0 Å². The fraction of sp³-hybridized carbons (Fsp3) is 0.333. The van der Waals surface area contributed by atoms with Crippen LogP contribution in [0.4, 0.5) is 0 Å². The van der Waals surface area contributed by atoms with Gasteiger partial charge in [0, 0.05) is 22.5 Å². The van der Waals surface area contributed by atoms with Crippen molar-refractivity contribution in [1.82, 2.24) is 10.3 Å². The highest BCUT2D eigenvalue weighted by Gasteiger charge is 2.11. The Bertz CT molecular complexity index is 597. The molecule has 1 unspecified atom stereocenters. The molecule has 1 amide bonds. The van der Waals surface area contributed by atoms with Crippen LogP contribution in [0.2, 0.25) is 0 Å². The molecule has 20 heavy (non-hydrogen) atoms. The van der Waals surface area contributed by atoms with Crippen LogP contribution < -0.4 is 5.32 Å². The molecule has 0 saturated carbocycles. The molecule has 0 radical (unpaired) electrons. The Morgan fingerprint density at radius 3 is 2.95 bits per heavy atom. The second kappa shape index (κ2) is 6.86. The molecule has 0 aliphatic heterocycles. The Balaban J connectivity index is 2.21. The van der Waals surface area contributed by atoms with Crippen molar-refractivity contribution in [3.63, 3.8) is 0 Å². The quantitative estimate of drug-likeness (QED) is 0.846. The lowest BCUT2D eigenvalue weighted by molar-refractivity contribution is 0.0939. The van der Waals surface area contributed by atoms with Gasteiger partial charge in [-0.25, -0.2) is 4.98 Å². The number of carbonyl (C=O) groups is 1. The van der Waals surface area contributed by atoms with E-state index in [0.717, 1.165) is 22.7 Å². The molecule has 1 aromatic carbocycles. The second-order valence-corrected chi connectivity index (χ2v) is 5.77. The monoisotopic (exact) mass is 308 g/mol. The van der Waals surface area contributed by atoms with Crippen molar-refractivity contribution in [2.45, 2.75) is 32.2 Å². The van der Waals surface area contributed by atoms with Crippen molar-refractivity contribution in [1.29, 1.82) is 0 Å². The molecule has 1 atom stereocenters. The third-order valence-electron chi connectivity index (χ3n) is 3.05. The van der Waals surface area contributed by atoms with Crippen LogP contribution >= 0.6 is 22.9 Å². The zero-order chi connectivity index (χ0) is 14.5. The highest BCUT2D eigenvalue weighted by Crippen LogP contribution is 2.25. The standard InChI is InChI=1S/C15H17ClN2OS/c1-3-10(2)17-14(19)11-5-4-6-12(7-11)15-18-13(8-16)9-20-15/h4-7,9-10H,3,8H2,1-2H3,(H,17,19). The summed E-state index contributed by atoms with van der Waals surface area (Å²) in [7, 11) is 0. The third-order valence-corrected chi connectivity index (χ3v) is 4.26. The molecule has 106 valence electrons. The average molecular weight is 309 g/mol. The lowest BCUT2D eigenvalue weighted by Gasteiger charge is -2.11. The smallest absolute Gasteiger partial charge is 0.251 e. The molecule has 0 fully saturated rings. The van der Waals surface area contributed by atoms with E-state index in [-0.39, 0.29) is 11.9 Å². The van der Waals surface area contributed by atoms with Crippen LogP contribution in [0.15, 0.2) is 29.6 Å². The molecule has 0 bridgehead atoms. The maximum Gasteiger partial charge on any atom is 0.251 e. The van der Waals surface area contributed by atoms with E-state index in [1.165, 1.54) is 11.3 Å². The summed E-state index contributed by atoms with van der Waals surface area (Å²) in [5.41, 5.74) is 2.47. The van der Waals surface area contributed by atoms with Gasteiger partial charge in [-0.15, -0.1) is 22.9 Å². The van der Waals surface area contributed by atoms with Gasteiger partial charge < -0.3 is 5.32 Å². The number of thiazole rings is 1. The lowest BCUT2D eigenvalue weighted by Crippen LogP contribution is -2.31. The molecular formula is C15H17ClN2OS. The largest absolute Gasteiger partial charge is 0.350 e. The Morgan fingerprint density at radius 2 is 2.30 bits per heavy atom. The summed E-state index contributed by atoms with van der Waals surface area (Å²) in [6.07, 6.45) is 0.914. The van der Waals surface area contributed by atoms with Gasteiger partial charge in [-0.3, -0.25) is 4.79 Å². The first-order valence-electron chi connectivity index (χ1n) is 6.55. The minimum atomic E-state index is -0.0460. The van der Waals surface area contributed by atoms with Crippen LogP contribution in [0.5, 0.6) is 0 Å². The van der Waals surface area contributed by atoms with Crippen LogP contribution in [0.25, 0.3) is 10.6 Å². The van der Waals surface area contributed by atoms with Crippen molar-refractivity contribution in [2.24, 2.45) is 0 Å². The third kappa shape index (κ3) is 3.58. The van der Waals surface area contributed by atoms with Crippen LogP contribution in [0.1, 0.15) is 36.3 Å². The summed E-state index contributed by atoms with van der Waals surface area (Å²) in [5, 5.41) is 5.79. The molecule has 1 aromatic heterocycles. The fourth-order valence-electron chi connectivity index (χ4n) is 1.70. The van der Waals surface area contributed by atoms with Crippen LogP contribution in [0, 0.1) is 0 Å². The number of nitrogens with one attached hydrogen (secondary N) is 1. The van der Waals surface area contributed by atoms with Crippen LogP contribution in [-0.4, -0.2) is 16.9 Å². The van der Waals surface area contributed by atoms with Crippen LogP contribution in [-0.2, 0) is 5.88 Å². The van der Waals surface area contributed by atoms with Gasteiger partial charge in [-0.05, 0) is 25.5 Å². The minimum Gasteiger partial charge on any atom is -0.350 e. The Kier molecular flexibility index (Phi) is 5.15. The van der Waals surface area contributed by atoms with E-state index in [1.807, 2.05) is 43.5 Å². The van der Waals surface area contributed by atoms with E-state index in [1.54, 1.807) is 0 Å². The first-order valence-corrected chi connectivity index (χ1v) is 7.97. The zero-order valence-electron chi connectivity index (χ0n) is 11.5. The SMILES string of the molecule is CCC(C)NC(=O)c1cccc(-c2nc(CCl)cs2)c1. The topological polar surface area (TPSA) is 42.0 Å². The van der Waals surface area contributed by atoms with Gasteiger partial charge in [0.1, 0.15) is 5.01 Å². The van der Waals surface area contributed by atoms with Gasteiger partial charge >= 0.3 is 0 Å². The van der Waals surface area contributed by atoms with Crippen molar-refractivity contribution in [3.8, 4) is 10.6 Å². The number of benzene rings is 1. The van der Waals surface area contributed by atoms with Crippen molar-refractivity contribution in [2.75, 3.05) is 0 Å². The summed E-state index contributed by atoms with van der Waals surface area (Å²) >= 11 is 7.30. The number of alkyl halides is 1. The molecule has 3 nitrogen and oxygen atoms in total. The molecule has 1 heterocycles. The summed E-state index contributed by atoms with van der Waals surface area (Å²) in [6, 6.07) is 7.69. The fourth-order valence-corrected chi connectivity index (χ4v) is 2.75. The molecule has 0 aliphatic rings. The molecule has 2 rings (SSSR count). The number of aromatic nitrogens is 1. The first-order chi connectivity index (χ1) is 9.63. The lowest BCUT2D eigenvalue weighted by atomic mass is 10.1. The highest BCUT2D eigenvalue weighted by molar-refractivity contribution is 7.13. The average Bonchev–Trinajstić information content (AvgIpc) is 2.96. The number of halogens is 1. The van der Waals surface area contributed by atoms with Gasteiger partial charge in [0.05, 0.1) is 11.6 Å². The molecule has 0 spiro atoms. The maximum atomic E-state index is 12.1. The van der Waals surface area contributed by atoms with Gasteiger partial charge in [-0.1, -0.05) is 19.1 Å². The molecule has 1 N–H and O–H groups in total. The number of amides is 1. The Labute approximate surface area is 128 Å². The predicted molar refractivity (Wildman–Crippen MR) is 84.3 cm³/mol. The van der Waals surface area contributed by atoms with E-state index in [9.17, 15) is 4.79 Å². The molecule has 5 heteroatoms. The minimum absolute atomic E-state index is 0.0460. The van der Waals surface area contributed by atoms with Gasteiger partial charge in [0.25, 0.3) is 5.91 Å². The predicted octanol–water partition coefficient (Wildman–Crippen LogP) is 4.08. The maximum absolute atomic E-state index is 12.1. The van der Waals surface area contributed by atoms with E-state index in [4.69, 9.17) is 11.6 Å². The van der Waals surface area contributed by atoms with E-state index < -0.39 is 0 Å². The van der Waals surface area contributed by atoms with E-state index in [2.05, 4.69) is 10.3 Å². The summed E-state index contributed by atoms with van der Waals surface area (Å²) in [4.78, 5) is 16.5. The number of nitrogens with zero attached hydrogens (tertiary/aromatic N) is 1. The highest BCUT2D eigenvalue weighted by atomic mass is 35.5. The zero-order valence-corrected chi connectivity index (χ0v) is 13.1. The normalized spacial score (nSPS) is 12.2. The number of rotatable bonds is 5.